The molecular weight excluding hydrogens is 405 g/mol. The number of amides is 1. The molecule has 162 valence electrons. The Balaban J connectivity index is 1.44. The number of nitrogens with zero attached hydrogens (tertiary/aromatic N) is 2. The number of aliphatic hydroxyl groups is 1. The number of carbonyl (C=O) groups is 1. The highest BCUT2D eigenvalue weighted by Crippen LogP contribution is 2.31. The van der Waals surface area contributed by atoms with Gasteiger partial charge in [-0.2, -0.15) is 0 Å². The van der Waals surface area contributed by atoms with Crippen molar-refractivity contribution in [2.45, 2.75) is 25.5 Å². The van der Waals surface area contributed by atoms with E-state index in [0.717, 1.165) is 4.57 Å². The molecule has 9 heteroatoms. The lowest BCUT2D eigenvalue weighted by Crippen LogP contribution is -2.44. The molecule has 0 aliphatic carbocycles. The number of benzene rings is 2. The van der Waals surface area contributed by atoms with Crippen molar-refractivity contribution < 1.29 is 19.4 Å². The lowest BCUT2D eigenvalue weighted by atomic mass is 9.87. The van der Waals surface area contributed by atoms with Crippen LogP contribution in [0.5, 0.6) is 5.75 Å². The molecule has 3 aromatic rings. The Kier molecular flexibility index (Phi) is 5.60. The largest absolute Gasteiger partial charge is 0.508 e. The van der Waals surface area contributed by atoms with E-state index >= 15 is 0 Å². The van der Waals surface area contributed by atoms with Crippen LogP contribution in [0.2, 0.25) is 0 Å². The van der Waals surface area contributed by atoms with Crippen molar-refractivity contribution in [3.05, 3.63) is 74.7 Å². The maximum atomic E-state index is 13.1. The van der Waals surface area contributed by atoms with Crippen molar-refractivity contribution >= 4 is 16.8 Å². The molecule has 1 aliphatic rings. The number of nitrogens with one attached hydrogen (secondary N) is 1. The molecule has 4 rings (SSSR count). The number of aromatic amines is 1. The number of fused-ring (bicyclic) bond motifs is 1. The van der Waals surface area contributed by atoms with Crippen LogP contribution in [0.25, 0.3) is 10.9 Å². The molecule has 1 saturated heterocycles. The van der Waals surface area contributed by atoms with Crippen LogP contribution in [-0.2, 0) is 11.3 Å². The smallest absolute Gasteiger partial charge is 0.328 e. The lowest BCUT2D eigenvalue weighted by molar-refractivity contribution is -0.137. The zero-order chi connectivity index (χ0) is 22.1. The molecule has 0 saturated carbocycles. The third kappa shape index (κ3) is 4.22. The maximum absolute atomic E-state index is 13.1. The molecule has 1 amide bonds. The number of hydrogen-bond donors (Lipinski definition) is 3. The number of piperidine rings is 1. The number of carbonyl (C=O) groups excluding carboxylic acids is 1. The van der Waals surface area contributed by atoms with Gasteiger partial charge in [0.2, 0.25) is 5.91 Å². The predicted octanol–water partition coefficient (Wildman–Crippen LogP) is 1.51. The maximum Gasteiger partial charge on any atom is 0.328 e. The summed E-state index contributed by atoms with van der Waals surface area (Å²) in [5, 5.41) is 20.3. The van der Waals surface area contributed by atoms with Crippen molar-refractivity contribution in [1.29, 1.82) is 0 Å². The van der Waals surface area contributed by atoms with Gasteiger partial charge in [0.25, 0.3) is 5.56 Å². The summed E-state index contributed by atoms with van der Waals surface area (Å²) in [6.45, 7) is 0.560. The topological polar surface area (TPSA) is 116 Å². The first-order chi connectivity index (χ1) is 14.8. The number of phenolic OH excluding ortho intramolecular Hbond substituents is 1. The fraction of sp³-hybridized carbons (Fsp3) is 0.318. The normalized spacial score (nSPS) is 17.8. The minimum absolute atomic E-state index is 0.0106. The first-order valence-electron chi connectivity index (χ1n) is 10.0. The number of rotatable bonds is 5. The summed E-state index contributed by atoms with van der Waals surface area (Å²) >= 11 is 0. The van der Waals surface area contributed by atoms with Crippen molar-refractivity contribution in [1.82, 2.24) is 14.5 Å². The number of aromatic hydroxyl groups is 1. The van der Waals surface area contributed by atoms with Gasteiger partial charge in [0.15, 0.2) is 0 Å². The lowest BCUT2D eigenvalue weighted by Gasteiger charge is -2.34. The van der Waals surface area contributed by atoms with Crippen LogP contribution in [0.1, 0.15) is 24.5 Å². The van der Waals surface area contributed by atoms with Gasteiger partial charge in [0.05, 0.1) is 17.0 Å². The second kappa shape index (κ2) is 8.35. The quantitative estimate of drug-likeness (QED) is 0.571. The van der Waals surface area contributed by atoms with Gasteiger partial charge in [-0.05, 0) is 48.2 Å². The van der Waals surface area contributed by atoms with E-state index in [-0.39, 0.29) is 42.5 Å². The van der Waals surface area contributed by atoms with Gasteiger partial charge in [-0.3, -0.25) is 14.2 Å². The molecule has 1 aromatic heterocycles. The molecule has 0 spiro atoms. The Bertz CT molecular complexity index is 1230. The number of H-pyrrole nitrogens is 1. The van der Waals surface area contributed by atoms with Crippen LogP contribution in [-0.4, -0.2) is 43.7 Å². The van der Waals surface area contributed by atoms with Gasteiger partial charge >= 0.3 is 5.69 Å². The average molecular weight is 427 g/mol. The van der Waals surface area contributed by atoms with Gasteiger partial charge in [0, 0.05) is 26.1 Å². The van der Waals surface area contributed by atoms with Crippen molar-refractivity contribution in [2.24, 2.45) is 5.92 Å². The van der Waals surface area contributed by atoms with Crippen molar-refractivity contribution in [3.63, 3.8) is 0 Å². The number of hydrogen-bond acceptors (Lipinski definition) is 5. The number of aliphatic hydroxyl groups excluding tert-OH is 1. The second-order valence-corrected chi connectivity index (χ2v) is 7.75. The summed E-state index contributed by atoms with van der Waals surface area (Å²) in [6.07, 6.45) is -0.207. The highest BCUT2D eigenvalue weighted by molar-refractivity contribution is 5.79. The Morgan fingerprint density at radius 3 is 2.55 bits per heavy atom. The highest BCUT2D eigenvalue weighted by atomic mass is 19.1. The number of aromatic nitrogens is 2. The Morgan fingerprint density at radius 1 is 1.10 bits per heavy atom. The van der Waals surface area contributed by atoms with Gasteiger partial charge in [-0.1, -0.05) is 12.1 Å². The monoisotopic (exact) mass is 427 g/mol. The van der Waals surface area contributed by atoms with Crippen molar-refractivity contribution in [3.8, 4) is 5.75 Å². The summed E-state index contributed by atoms with van der Waals surface area (Å²) in [5.41, 5.74) is -0.234. The van der Waals surface area contributed by atoms with E-state index in [4.69, 9.17) is 0 Å². The summed E-state index contributed by atoms with van der Waals surface area (Å²) < 4.78 is 14.1. The van der Waals surface area contributed by atoms with Gasteiger partial charge in [-0.15, -0.1) is 0 Å². The standard InChI is InChI=1S/C22H22FN3O5/c23-15-3-1-13(2-4-15)20(29)14-7-8-25(19(28)11-14)9-10-26-21(30)17-12-16(27)5-6-18(17)24-22(26)31/h1-6,12,14,20,27,29H,7-11H2,(H,24,31). The molecule has 0 bridgehead atoms. The summed E-state index contributed by atoms with van der Waals surface area (Å²) in [4.78, 5) is 41.7. The van der Waals surface area contributed by atoms with E-state index < -0.39 is 23.2 Å². The van der Waals surface area contributed by atoms with Crippen LogP contribution in [0.15, 0.2) is 52.1 Å². The van der Waals surface area contributed by atoms with E-state index in [2.05, 4.69) is 4.98 Å². The van der Waals surface area contributed by atoms with Gasteiger partial charge in [0.1, 0.15) is 11.6 Å². The Labute approximate surface area is 176 Å². The SMILES string of the molecule is O=C1CC(C(O)c2ccc(F)cc2)CCN1CCn1c(=O)[nH]c2ccc(O)cc2c1=O. The van der Waals surface area contributed by atoms with Gasteiger partial charge < -0.3 is 20.1 Å². The zero-order valence-electron chi connectivity index (χ0n) is 16.6. The number of phenols is 1. The summed E-state index contributed by atoms with van der Waals surface area (Å²) in [6, 6.07) is 9.68. The number of likely N-dealkylation sites (tertiary alicyclic amines) is 1. The third-order valence-electron chi connectivity index (χ3n) is 5.78. The summed E-state index contributed by atoms with van der Waals surface area (Å²) in [7, 11) is 0. The van der Waals surface area contributed by atoms with E-state index in [1.54, 1.807) is 4.90 Å². The van der Waals surface area contributed by atoms with Crippen LogP contribution in [0, 0.1) is 11.7 Å². The Hall–Kier alpha value is -3.46. The fourth-order valence-corrected chi connectivity index (χ4v) is 4.00. The van der Waals surface area contributed by atoms with E-state index in [9.17, 15) is 29.0 Å². The molecule has 2 aromatic carbocycles. The third-order valence-corrected chi connectivity index (χ3v) is 5.78. The molecule has 8 nitrogen and oxygen atoms in total. The first kappa shape index (κ1) is 20.8. The van der Waals surface area contributed by atoms with Crippen LogP contribution >= 0.6 is 0 Å². The average Bonchev–Trinajstić information content (AvgIpc) is 2.75. The minimum Gasteiger partial charge on any atom is -0.508 e. The van der Waals surface area contributed by atoms with Gasteiger partial charge in [-0.25, -0.2) is 9.18 Å². The predicted molar refractivity (Wildman–Crippen MR) is 111 cm³/mol. The molecule has 1 aliphatic heterocycles. The molecule has 31 heavy (non-hydrogen) atoms. The molecule has 2 unspecified atom stereocenters. The fourth-order valence-electron chi connectivity index (χ4n) is 4.00. The second-order valence-electron chi connectivity index (χ2n) is 7.75. The minimum atomic E-state index is -0.870. The molecule has 3 N–H and O–H groups in total. The molecular formula is C22H22FN3O5. The highest BCUT2D eigenvalue weighted by Gasteiger charge is 2.31. The van der Waals surface area contributed by atoms with E-state index in [1.165, 1.54) is 42.5 Å². The van der Waals surface area contributed by atoms with Crippen LogP contribution < -0.4 is 11.2 Å². The number of halogens is 1. The summed E-state index contributed by atoms with van der Waals surface area (Å²) in [5.74, 6) is -0.944. The molecule has 2 heterocycles. The zero-order valence-corrected chi connectivity index (χ0v) is 16.6. The van der Waals surface area contributed by atoms with Crippen LogP contribution in [0.3, 0.4) is 0 Å². The van der Waals surface area contributed by atoms with E-state index in [0.29, 0.717) is 24.0 Å². The van der Waals surface area contributed by atoms with Crippen LogP contribution in [0.4, 0.5) is 4.39 Å². The molecule has 1 fully saturated rings. The molecule has 2 atom stereocenters. The van der Waals surface area contributed by atoms with E-state index in [1.807, 2.05) is 0 Å². The molecule has 0 radical (unpaired) electrons. The first-order valence-corrected chi connectivity index (χ1v) is 10.0. The Morgan fingerprint density at radius 2 is 1.84 bits per heavy atom. The van der Waals surface area contributed by atoms with Crippen molar-refractivity contribution in [2.75, 3.05) is 13.1 Å².